The molecular formula is C13H22N4O2S. The van der Waals surface area contributed by atoms with E-state index in [4.69, 9.17) is 5.73 Å². The fraction of sp³-hybridized carbons (Fsp3) is 0.769. The quantitative estimate of drug-likeness (QED) is 0.786. The van der Waals surface area contributed by atoms with Crippen molar-refractivity contribution in [1.82, 2.24) is 14.9 Å². The highest BCUT2D eigenvalue weighted by molar-refractivity contribution is 7.89. The molecule has 3 atom stereocenters. The van der Waals surface area contributed by atoms with E-state index in [-0.39, 0.29) is 27.6 Å². The summed E-state index contributed by atoms with van der Waals surface area (Å²) in [5.74, 6) is 0.672. The summed E-state index contributed by atoms with van der Waals surface area (Å²) in [5, 5.41) is 6.17. The average molecular weight is 298 g/mol. The molecule has 1 aromatic heterocycles. The van der Waals surface area contributed by atoms with E-state index < -0.39 is 10.0 Å². The lowest BCUT2D eigenvalue weighted by atomic mass is 9.69. The van der Waals surface area contributed by atoms with Gasteiger partial charge in [-0.1, -0.05) is 20.8 Å². The van der Waals surface area contributed by atoms with Crippen molar-refractivity contribution < 1.29 is 8.42 Å². The van der Waals surface area contributed by atoms with Crippen LogP contribution in [0.5, 0.6) is 0 Å². The van der Waals surface area contributed by atoms with E-state index in [1.54, 1.807) is 0 Å². The molecule has 2 bridgehead atoms. The standard InChI is InChI=1S/C13H22N4O2S/c1-12(2)8-4-5-13(3,6-8)11(12)17-20(18,19)9-7-15-16-10(9)14/h7-8,11,17H,4-6H2,1-3H3,(H3,14,15,16). The Bertz CT molecular complexity index is 632. The molecule has 0 aromatic carbocycles. The summed E-state index contributed by atoms with van der Waals surface area (Å²) in [6.07, 6.45) is 4.62. The van der Waals surface area contributed by atoms with Crippen LogP contribution in [-0.4, -0.2) is 24.7 Å². The first kappa shape index (κ1) is 13.9. The monoisotopic (exact) mass is 298 g/mol. The lowest BCUT2D eigenvalue weighted by molar-refractivity contribution is 0.127. The molecule has 20 heavy (non-hydrogen) atoms. The molecule has 3 unspecified atom stereocenters. The Morgan fingerprint density at radius 2 is 2.15 bits per heavy atom. The molecule has 2 saturated carbocycles. The highest BCUT2D eigenvalue weighted by atomic mass is 32.2. The number of nitrogen functional groups attached to an aromatic ring is 1. The molecule has 0 amide bonds. The average Bonchev–Trinajstić information content (AvgIpc) is 2.96. The van der Waals surface area contributed by atoms with E-state index in [0.29, 0.717) is 5.92 Å². The Kier molecular flexibility index (Phi) is 2.76. The van der Waals surface area contributed by atoms with Crippen LogP contribution in [0.2, 0.25) is 0 Å². The lowest BCUT2D eigenvalue weighted by Crippen LogP contribution is -2.52. The van der Waals surface area contributed by atoms with Crippen molar-refractivity contribution in [3.63, 3.8) is 0 Å². The molecule has 2 aliphatic rings. The molecule has 2 fully saturated rings. The Labute approximate surface area is 119 Å². The first-order chi connectivity index (χ1) is 9.17. The number of anilines is 1. The molecular weight excluding hydrogens is 276 g/mol. The second-order valence-corrected chi connectivity index (χ2v) is 8.80. The summed E-state index contributed by atoms with van der Waals surface area (Å²) in [4.78, 5) is 0.0414. The Hall–Kier alpha value is -1.08. The summed E-state index contributed by atoms with van der Waals surface area (Å²) < 4.78 is 27.9. The van der Waals surface area contributed by atoms with E-state index in [0.717, 1.165) is 12.8 Å². The van der Waals surface area contributed by atoms with Gasteiger partial charge >= 0.3 is 0 Å². The SMILES string of the molecule is CC12CCC(C1)C(C)(C)C2NS(=O)(=O)c1cn[nH]c1N. The van der Waals surface area contributed by atoms with Gasteiger partial charge in [0, 0.05) is 6.04 Å². The third kappa shape index (κ3) is 1.79. The van der Waals surface area contributed by atoms with Crippen molar-refractivity contribution in [3.05, 3.63) is 6.20 Å². The minimum Gasteiger partial charge on any atom is -0.383 e. The number of sulfonamides is 1. The molecule has 0 spiro atoms. The smallest absolute Gasteiger partial charge is 0.246 e. The summed E-state index contributed by atoms with van der Waals surface area (Å²) >= 11 is 0. The Balaban J connectivity index is 1.94. The molecule has 0 radical (unpaired) electrons. The second kappa shape index (κ2) is 3.98. The van der Waals surface area contributed by atoms with Crippen LogP contribution in [0, 0.1) is 16.7 Å². The molecule has 2 aliphatic carbocycles. The third-order valence-corrected chi connectivity index (χ3v) is 6.91. The number of hydrogen-bond acceptors (Lipinski definition) is 4. The van der Waals surface area contributed by atoms with E-state index in [2.05, 4.69) is 35.7 Å². The predicted octanol–water partition coefficient (Wildman–Crippen LogP) is 1.48. The van der Waals surface area contributed by atoms with Gasteiger partial charge in [-0.05, 0) is 36.0 Å². The minimum absolute atomic E-state index is 0.0292. The number of hydrogen-bond donors (Lipinski definition) is 3. The van der Waals surface area contributed by atoms with Gasteiger partial charge in [0.1, 0.15) is 10.7 Å². The first-order valence-electron chi connectivity index (χ1n) is 6.98. The zero-order valence-electron chi connectivity index (χ0n) is 12.1. The third-order valence-electron chi connectivity index (χ3n) is 5.46. The molecule has 4 N–H and O–H groups in total. The maximum atomic E-state index is 12.5. The van der Waals surface area contributed by atoms with Gasteiger partial charge in [0.05, 0.1) is 6.20 Å². The van der Waals surface area contributed by atoms with Crippen molar-refractivity contribution in [3.8, 4) is 0 Å². The van der Waals surface area contributed by atoms with Crippen LogP contribution in [0.25, 0.3) is 0 Å². The highest BCUT2D eigenvalue weighted by Gasteiger charge is 2.60. The van der Waals surface area contributed by atoms with Crippen molar-refractivity contribution in [2.45, 2.75) is 51.0 Å². The molecule has 112 valence electrons. The topological polar surface area (TPSA) is 101 Å². The molecule has 3 rings (SSSR count). The summed E-state index contributed by atoms with van der Waals surface area (Å²) in [6, 6.07) is -0.0620. The van der Waals surface area contributed by atoms with Gasteiger partial charge in [-0.15, -0.1) is 0 Å². The highest BCUT2D eigenvalue weighted by Crippen LogP contribution is 2.62. The summed E-state index contributed by atoms with van der Waals surface area (Å²) in [5.41, 5.74) is 5.65. The maximum Gasteiger partial charge on any atom is 0.246 e. The van der Waals surface area contributed by atoms with Gasteiger partial charge < -0.3 is 5.73 Å². The normalized spacial score (nSPS) is 35.5. The molecule has 6 nitrogen and oxygen atoms in total. The van der Waals surface area contributed by atoms with Crippen LogP contribution >= 0.6 is 0 Å². The fourth-order valence-corrected chi connectivity index (χ4v) is 5.87. The number of aromatic nitrogens is 2. The van der Waals surface area contributed by atoms with Gasteiger partial charge in [0.25, 0.3) is 0 Å². The van der Waals surface area contributed by atoms with Crippen LogP contribution < -0.4 is 10.5 Å². The molecule has 7 heteroatoms. The molecule has 1 heterocycles. The Morgan fingerprint density at radius 3 is 2.65 bits per heavy atom. The van der Waals surface area contributed by atoms with E-state index in [1.807, 2.05) is 0 Å². The second-order valence-electron chi connectivity index (χ2n) is 7.12. The predicted molar refractivity (Wildman–Crippen MR) is 76.3 cm³/mol. The molecule has 0 aliphatic heterocycles. The van der Waals surface area contributed by atoms with E-state index in [9.17, 15) is 8.42 Å². The number of fused-ring (bicyclic) bond motifs is 2. The van der Waals surface area contributed by atoms with Crippen LogP contribution in [0.15, 0.2) is 11.1 Å². The van der Waals surface area contributed by atoms with Crippen molar-refractivity contribution in [2.24, 2.45) is 16.7 Å². The van der Waals surface area contributed by atoms with E-state index in [1.165, 1.54) is 12.6 Å². The Morgan fingerprint density at radius 1 is 1.45 bits per heavy atom. The lowest BCUT2D eigenvalue weighted by Gasteiger charge is -2.42. The van der Waals surface area contributed by atoms with Gasteiger partial charge in [0.15, 0.2) is 0 Å². The van der Waals surface area contributed by atoms with Gasteiger partial charge in [0.2, 0.25) is 10.0 Å². The van der Waals surface area contributed by atoms with Crippen molar-refractivity contribution >= 4 is 15.8 Å². The van der Waals surface area contributed by atoms with Crippen molar-refractivity contribution in [2.75, 3.05) is 5.73 Å². The maximum absolute atomic E-state index is 12.5. The van der Waals surface area contributed by atoms with Gasteiger partial charge in [-0.3, -0.25) is 5.10 Å². The van der Waals surface area contributed by atoms with Crippen LogP contribution in [0.4, 0.5) is 5.82 Å². The number of nitrogens with two attached hydrogens (primary N) is 1. The summed E-state index contributed by atoms with van der Waals surface area (Å²) in [7, 11) is -3.63. The minimum atomic E-state index is -3.63. The largest absolute Gasteiger partial charge is 0.383 e. The van der Waals surface area contributed by atoms with Gasteiger partial charge in [-0.2, -0.15) is 5.10 Å². The number of H-pyrrole nitrogens is 1. The zero-order chi connectivity index (χ0) is 14.8. The number of nitrogens with one attached hydrogen (secondary N) is 2. The van der Waals surface area contributed by atoms with Crippen molar-refractivity contribution in [1.29, 1.82) is 0 Å². The van der Waals surface area contributed by atoms with Crippen LogP contribution in [-0.2, 0) is 10.0 Å². The van der Waals surface area contributed by atoms with E-state index >= 15 is 0 Å². The summed E-state index contributed by atoms with van der Waals surface area (Å²) in [6.45, 7) is 6.51. The molecule has 1 aromatic rings. The fourth-order valence-electron chi connectivity index (χ4n) is 4.31. The number of aromatic amines is 1. The number of nitrogens with zero attached hydrogens (tertiary/aromatic N) is 1. The van der Waals surface area contributed by atoms with Crippen LogP contribution in [0.1, 0.15) is 40.0 Å². The molecule has 0 saturated heterocycles. The number of rotatable bonds is 3. The van der Waals surface area contributed by atoms with Gasteiger partial charge in [-0.25, -0.2) is 13.1 Å². The first-order valence-corrected chi connectivity index (χ1v) is 8.46. The zero-order valence-corrected chi connectivity index (χ0v) is 12.9. The van der Waals surface area contributed by atoms with Crippen LogP contribution in [0.3, 0.4) is 0 Å².